The Bertz CT molecular complexity index is 327. The number of allylic oxidation sites excluding steroid dienone is 2. The molecule has 14 heavy (non-hydrogen) atoms. The molecule has 0 bridgehead atoms. The molecule has 0 fully saturated rings. The zero-order valence-corrected chi connectivity index (χ0v) is 13.7. The van der Waals surface area contributed by atoms with Crippen LogP contribution >= 0.6 is 67.8 Å². The Kier molecular flexibility index (Phi) is 4.66. The van der Waals surface area contributed by atoms with Crippen LogP contribution in [0.25, 0.3) is 0 Å². The van der Waals surface area contributed by atoms with Crippen LogP contribution in [0.4, 0.5) is 0 Å². The SMILES string of the molecule is CNC1(I)C=C(I)C=C(I)C1C(=O)O. The summed E-state index contributed by atoms with van der Waals surface area (Å²) in [7, 11) is 1.78. The van der Waals surface area contributed by atoms with Crippen molar-refractivity contribution in [2.45, 2.75) is 3.55 Å². The molecule has 1 aliphatic carbocycles. The quantitative estimate of drug-likeness (QED) is 0.328. The van der Waals surface area contributed by atoms with E-state index in [1.54, 1.807) is 7.05 Å². The lowest BCUT2D eigenvalue weighted by Crippen LogP contribution is -2.47. The van der Waals surface area contributed by atoms with Gasteiger partial charge in [-0.25, -0.2) is 0 Å². The van der Waals surface area contributed by atoms with E-state index in [1.807, 2.05) is 12.2 Å². The molecular formula is C8H8I3NO2. The minimum absolute atomic E-state index is 0.507. The van der Waals surface area contributed by atoms with E-state index in [9.17, 15) is 4.79 Å². The van der Waals surface area contributed by atoms with Crippen LogP contribution in [0.3, 0.4) is 0 Å². The third-order valence-corrected chi connectivity index (χ3v) is 4.98. The van der Waals surface area contributed by atoms with Crippen LogP contribution in [0.1, 0.15) is 0 Å². The Morgan fingerprint density at radius 2 is 2.21 bits per heavy atom. The molecule has 0 saturated carbocycles. The standard InChI is InChI=1S/C8H8I3NO2/c1-12-8(11)3-4(9)2-5(10)6(8)7(13)14/h2-3,6,12H,1H3,(H,13,14). The molecule has 0 aromatic carbocycles. The van der Waals surface area contributed by atoms with E-state index in [4.69, 9.17) is 5.11 Å². The van der Waals surface area contributed by atoms with E-state index < -0.39 is 15.4 Å². The molecule has 1 aliphatic rings. The molecule has 78 valence electrons. The molecule has 0 aliphatic heterocycles. The van der Waals surface area contributed by atoms with Gasteiger partial charge in [-0.15, -0.1) is 0 Å². The number of carboxylic acids is 1. The zero-order valence-electron chi connectivity index (χ0n) is 7.22. The van der Waals surface area contributed by atoms with Gasteiger partial charge in [0.2, 0.25) is 0 Å². The maximum Gasteiger partial charge on any atom is 0.314 e. The Morgan fingerprint density at radius 3 is 2.64 bits per heavy atom. The number of rotatable bonds is 2. The highest BCUT2D eigenvalue weighted by molar-refractivity contribution is 14.1. The summed E-state index contributed by atoms with van der Waals surface area (Å²) in [6, 6.07) is 0. The van der Waals surface area contributed by atoms with Crippen molar-refractivity contribution in [1.82, 2.24) is 5.32 Å². The number of aliphatic carboxylic acids is 1. The predicted molar refractivity (Wildman–Crippen MR) is 81.1 cm³/mol. The van der Waals surface area contributed by atoms with Crippen LogP contribution < -0.4 is 5.32 Å². The summed E-state index contributed by atoms with van der Waals surface area (Å²) in [6.07, 6.45) is 3.84. The lowest BCUT2D eigenvalue weighted by molar-refractivity contribution is -0.140. The number of carbonyl (C=O) groups is 1. The van der Waals surface area contributed by atoms with Gasteiger partial charge in [-0.2, -0.15) is 0 Å². The summed E-state index contributed by atoms with van der Waals surface area (Å²) < 4.78 is 1.39. The average Bonchev–Trinajstić information content (AvgIpc) is 2.01. The van der Waals surface area contributed by atoms with Crippen LogP contribution in [-0.4, -0.2) is 21.7 Å². The maximum atomic E-state index is 11.1. The zero-order chi connectivity index (χ0) is 10.9. The molecule has 0 amide bonds. The second kappa shape index (κ2) is 4.95. The summed E-state index contributed by atoms with van der Waals surface area (Å²) in [5.41, 5.74) is 0. The number of nitrogens with one attached hydrogen (secondary N) is 1. The number of likely N-dealkylation sites (N-methyl/N-ethyl adjacent to an activating group) is 1. The summed E-state index contributed by atoms with van der Waals surface area (Å²) in [6.45, 7) is 0. The third kappa shape index (κ3) is 2.61. The first-order valence-electron chi connectivity index (χ1n) is 3.77. The molecule has 3 nitrogen and oxygen atoms in total. The molecule has 0 aromatic heterocycles. The highest BCUT2D eigenvalue weighted by atomic mass is 127. The van der Waals surface area contributed by atoms with Crippen molar-refractivity contribution in [3.63, 3.8) is 0 Å². The van der Waals surface area contributed by atoms with Crippen LogP contribution in [-0.2, 0) is 4.79 Å². The lowest BCUT2D eigenvalue weighted by atomic mass is 9.95. The highest BCUT2D eigenvalue weighted by Gasteiger charge is 2.42. The van der Waals surface area contributed by atoms with Crippen LogP contribution in [0, 0.1) is 5.92 Å². The normalized spacial score (nSPS) is 32.1. The number of halogens is 3. The first kappa shape index (κ1) is 13.2. The molecule has 0 radical (unpaired) electrons. The molecular weight excluding hydrogens is 523 g/mol. The second-order valence-electron chi connectivity index (χ2n) is 2.85. The van der Waals surface area contributed by atoms with E-state index >= 15 is 0 Å². The molecule has 0 spiro atoms. The van der Waals surface area contributed by atoms with Crippen molar-refractivity contribution in [2.24, 2.45) is 5.92 Å². The van der Waals surface area contributed by atoms with Gasteiger partial charge >= 0.3 is 5.97 Å². The topological polar surface area (TPSA) is 49.3 Å². The van der Waals surface area contributed by atoms with Crippen molar-refractivity contribution in [3.05, 3.63) is 19.3 Å². The van der Waals surface area contributed by atoms with Crippen LogP contribution in [0.5, 0.6) is 0 Å². The Labute approximate surface area is 123 Å². The van der Waals surface area contributed by atoms with Crippen molar-refractivity contribution < 1.29 is 9.90 Å². The molecule has 0 aromatic rings. The van der Waals surface area contributed by atoms with Gasteiger partial charge in [0.15, 0.2) is 0 Å². The van der Waals surface area contributed by atoms with Gasteiger partial charge < -0.3 is 10.4 Å². The van der Waals surface area contributed by atoms with Crippen LogP contribution in [0.2, 0.25) is 0 Å². The van der Waals surface area contributed by atoms with E-state index in [2.05, 4.69) is 73.1 Å². The largest absolute Gasteiger partial charge is 0.481 e. The minimum Gasteiger partial charge on any atom is -0.481 e. The fraction of sp³-hybridized carbons (Fsp3) is 0.375. The molecule has 0 heterocycles. The molecule has 6 heteroatoms. The van der Waals surface area contributed by atoms with E-state index in [-0.39, 0.29) is 0 Å². The van der Waals surface area contributed by atoms with Gasteiger partial charge in [0, 0.05) is 7.16 Å². The van der Waals surface area contributed by atoms with Gasteiger partial charge in [-0.3, -0.25) is 4.79 Å². The minimum atomic E-state index is -0.797. The summed E-state index contributed by atoms with van der Waals surface area (Å²) in [5, 5.41) is 12.2. The average molecular weight is 531 g/mol. The third-order valence-electron chi connectivity index (χ3n) is 1.95. The Hall–Kier alpha value is 1.10. The molecule has 2 atom stereocenters. The first-order chi connectivity index (χ1) is 6.40. The molecule has 2 N–H and O–H groups in total. The van der Waals surface area contributed by atoms with Gasteiger partial charge in [0.1, 0.15) is 9.46 Å². The van der Waals surface area contributed by atoms with Crippen molar-refractivity contribution in [2.75, 3.05) is 7.05 Å². The first-order valence-corrected chi connectivity index (χ1v) is 7.00. The van der Waals surface area contributed by atoms with Gasteiger partial charge in [0.25, 0.3) is 0 Å². The van der Waals surface area contributed by atoms with Crippen LogP contribution in [0.15, 0.2) is 19.3 Å². The number of hydrogen-bond donors (Lipinski definition) is 2. The predicted octanol–water partition coefficient (Wildman–Crippen LogP) is 2.69. The highest BCUT2D eigenvalue weighted by Crippen LogP contribution is 2.41. The number of alkyl halides is 1. The number of carboxylic acid groups (broad SMARTS) is 1. The van der Waals surface area contributed by atoms with Gasteiger partial charge in [0.05, 0.1) is 0 Å². The van der Waals surface area contributed by atoms with Gasteiger partial charge in [-0.05, 0) is 64.4 Å². The molecule has 0 saturated heterocycles. The van der Waals surface area contributed by atoms with Crippen molar-refractivity contribution >= 4 is 73.7 Å². The van der Waals surface area contributed by atoms with Crippen molar-refractivity contribution in [3.8, 4) is 0 Å². The summed E-state index contributed by atoms with van der Waals surface area (Å²) >= 11 is 6.43. The summed E-state index contributed by atoms with van der Waals surface area (Å²) in [5.74, 6) is -1.30. The Morgan fingerprint density at radius 1 is 1.64 bits per heavy atom. The number of hydrogen-bond acceptors (Lipinski definition) is 2. The Balaban J connectivity index is 3.16. The van der Waals surface area contributed by atoms with Crippen molar-refractivity contribution in [1.29, 1.82) is 0 Å². The monoisotopic (exact) mass is 531 g/mol. The fourth-order valence-electron chi connectivity index (χ4n) is 1.26. The maximum absolute atomic E-state index is 11.1. The van der Waals surface area contributed by atoms with E-state index in [0.717, 1.165) is 7.16 Å². The second-order valence-corrected chi connectivity index (χ2v) is 7.12. The summed E-state index contributed by atoms with van der Waals surface area (Å²) in [4.78, 5) is 11.1. The van der Waals surface area contributed by atoms with Gasteiger partial charge in [-0.1, -0.05) is 22.6 Å². The van der Waals surface area contributed by atoms with E-state index in [1.165, 1.54) is 0 Å². The molecule has 2 unspecified atom stereocenters. The van der Waals surface area contributed by atoms with E-state index in [0.29, 0.717) is 0 Å². The smallest absolute Gasteiger partial charge is 0.314 e. The molecule has 1 rings (SSSR count). The lowest BCUT2D eigenvalue weighted by Gasteiger charge is -2.33. The fourth-order valence-corrected chi connectivity index (χ4v) is 5.90.